The molecule has 0 aliphatic rings. The van der Waals surface area contributed by atoms with Gasteiger partial charge in [-0.25, -0.2) is 15.0 Å². The average molecular weight is 361 g/mol. The maximum Gasteiger partial charge on any atom is 0.227 e. The maximum atomic E-state index is 4.52. The zero-order valence-corrected chi connectivity index (χ0v) is 14.0. The number of nitrogens with one attached hydrogen (secondary N) is 1. The first-order valence-corrected chi connectivity index (χ1v) is 8.01. The Morgan fingerprint density at radius 3 is 2.52 bits per heavy atom. The third-order valence-corrected chi connectivity index (χ3v) is 4.33. The summed E-state index contributed by atoms with van der Waals surface area (Å²) in [6.07, 6.45) is 3.52. The van der Waals surface area contributed by atoms with Gasteiger partial charge in [-0.1, -0.05) is 6.07 Å². The third-order valence-electron chi connectivity index (χ3n) is 2.83. The van der Waals surface area contributed by atoms with Crippen LogP contribution in [0.3, 0.4) is 0 Å². The molecule has 0 saturated heterocycles. The SMILES string of the molecule is Cc1cc(C)cc(Nc2nccc(-c3ncc(Br)s3)n2)c1. The molecule has 0 bridgehead atoms. The molecule has 3 rings (SSSR count). The summed E-state index contributed by atoms with van der Waals surface area (Å²) in [4.78, 5) is 13.1. The monoisotopic (exact) mass is 360 g/mol. The van der Waals surface area contributed by atoms with Gasteiger partial charge in [-0.2, -0.15) is 0 Å². The van der Waals surface area contributed by atoms with E-state index in [-0.39, 0.29) is 0 Å². The van der Waals surface area contributed by atoms with E-state index in [1.807, 2.05) is 6.07 Å². The Bertz CT molecular complexity index is 765. The minimum atomic E-state index is 0.573. The Labute approximate surface area is 135 Å². The lowest BCUT2D eigenvalue weighted by Crippen LogP contribution is -1.98. The molecule has 1 N–H and O–H groups in total. The Kier molecular flexibility index (Phi) is 3.98. The highest BCUT2D eigenvalue weighted by Crippen LogP contribution is 2.27. The second kappa shape index (κ2) is 5.91. The van der Waals surface area contributed by atoms with Gasteiger partial charge in [-0.05, 0) is 59.1 Å². The van der Waals surface area contributed by atoms with Crippen LogP contribution in [-0.2, 0) is 0 Å². The zero-order chi connectivity index (χ0) is 14.8. The molecule has 0 unspecified atom stereocenters. The molecule has 0 atom stereocenters. The normalized spacial score (nSPS) is 10.6. The van der Waals surface area contributed by atoms with Gasteiger partial charge in [0.25, 0.3) is 0 Å². The molecule has 0 fully saturated rings. The van der Waals surface area contributed by atoms with Crippen molar-refractivity contribution in [1.82, 2.24) is 15.0 Å². The first kappa shape index (κ1) is 14.2. The summed E-state index contributed by atoms with van der Waals surface area (Å²) in [5.74, 6) is 0.573. The van der Waals surface area contributed by atoms with Crippen molar-refractivity contribution < 1.29 is 0 Å². The Balaban J connectivity index is 1.89. The predicted molar refractivity (Wildman–Crippen MR) is 90.0 cm³/mol. The van der Waals surface area contributed by atoms with Crippen molar-refractivity contribution in [3.05, 3.63) is 51.6 Å². The number of thiazole rings is 1. The van der Waals surface area contributed by atoms with E-state index in [1.54, 1.807) is 23.7 Å². The molecule has 21 heavy (non-hydrogen) atoms. The minimum Gasteiger partial charge on any atom is -0.324 e. The number of aryl methyl sites for hydroxylation is 2. The molecule has 1 aromatic carbocycles. The molecule has 0 aliphatic heterocycles. The molecular weight excluding hydrogens is 348 g/mol. The molecule has 0 radical (unpaired) electrons. The highest BCUT2D eigenvalue weighted by molar-refractivity contribution is 9.11. The maximum absolute atomic E-state index is 4.52. The van der Waals surface area contributed by atoms with E-state index < -0.39 is 0 Å². The summed E-state index contributed by atoms with van der Waals surface area (Å²) in [5.41, 5.74) is 4.22. The summed E-state index contributed by atoms with van der Waals surface area (Å²) in [5, 5.41) is 4.11. The lowest BCUT2D eigenvalue weighted by molar-refractivity contribution is 1.16. The van der Waals surface area contributed by atoms with Crippen molar-refractivity contribution in [2.24, 2.45) is 0 Å². The standard InChI is InChI=1S/C15H13BrN4S/c1-9-5-10(2)7-11(6-9)19-15-17-4-3-12(20-15)14-18-8-13(16)21-14/h3-8H,1-2H3,(H,17,19,20). The van der Waals surface area contributed by atoms with Crippen LogP contribution in [0, 0.1) is 13.8 Å². The van der Waals surface area contributed by atoms with Crippen LogP contribution in [0.5, 0.6) is 0 Å². The molecule has 2 aromatic heterocycles. The van der Waals surface area contributed by atoms with Gasteiger partial charge in [0.05, 0.1) is 9.98 Å². The van der Waals surface area contributed by atoms with E-state index in [4.69, 9.17) is 0 Å². The number of benzene rings is 1. The van der Waals surface area contributed by atoms with Crippen molar-refractivity contribution in [2.75, 3.05) is 5.32 Å². The first-order chi connectivity index (χ1) is 10.1. The molecule has 2 heterocycles. The van der Waals surface area contributed by atoms with Gasteiger partial charge in [-0.15, -0.1) is 11.3 Å². The van der Waals surface area contributed by atoms with Gasteiger partial charge in [0.2, 0.25) is 5.95 Å². The molecular formula is C15H13BrN4S. The van der Waals surface area contributed by atoms with Crippen LogP contribution in [-0.4, -0.2) is 15.0 Å². The Hall–Kier alpha value is -1.79. The lowest BCUT2D eigenvalue weighted by Gasteiger charge is -2.07. The Morgan fingerprint density at radius 2 is 1.86 bits per heavy atom. The molecule has 0 saturated carbocycles. The number of rotatable bonds is 3. The van der Waals surface area contributed by atoms with Gasteiger partial charge in [0, 0.05) is 11.9 Å². The smallest absolute Gasteiger partial charge is 0.227 e. The largest absolute Gasteiger partial charge is 0.324 e. The van der Waals surface area contributed by atoms with E-state index in [0.717, 1.165) is 20.2 Å². The highest BCUT2D eigenvalue weighted by Gasteiger charge is 2.07. The molecule has 6 heteroatoms. The van der Waals surface area contributed by atoms with E-state index >= 15 is 0 Å². The van der Waals surface area contributed by atoms with E-state index in [2.05, 4.69) is 68.2 Å². The Morgan fingerprint density at radius 1 is 1.10 bits per heavy atom. The molecule has 0 amide bonds. The van der Waals surface area contributed by atoms with Crippen LogP contribution in [0.2, 0.25) is 0 Å². The van der Waals surface area contributed by atoms with Crippen molar-refractivity contribution in [3.63, 3.8) is 0 Å². The molecule has 3 aromatic rings. The second-order valence-corrected chi connectivity index (χ2v) is 7.15. The highest BCUT2D eigenvalue weighted by atomic mass is 79.9. The van der Waals surface area contributed by atoms with Gasteiger partial charge in [0.1, 0.15) is 10.7 Å². The van der Waals surface area contributed by atoms with Crippen molar-refractivity contribution in [3.8, 4) is 10.7 Å². The van der Waals surface area contributed by atoms with Crippen LogP contribution in [0.4, 0.5) is 11.6 Å². The van der Waals surface area contributed by atoms with Crippen LogP contribution in [0.25, 0.3) is 10.7 Å². The quantitative estimate of drug-likeness (QED) is 0.733. The van der Waals surface area contributed by atoms with Gasteiger partial charge < -0.3 is 5.32 Å². The first-order valence-electron chi connectivity index (χ1n) is 6.40. The molecule has 4 nitrogen and oxygen atoms in total. The fraction of sp³-hybridized carbons (Fsp3) is 0.133. The lowest BCUT2D eigenvalue weighted by atomic mass is 10.1. The second-order valence-electron chi connectivity index (χ2n) is 4.74. The van der Waals surface area contributed by atoms with E-state index in [0.29, 0.717) is 5.95 Å². The van der Waals surface area contributed by atoms with Crippen molar-refractivity contribution in [1.29, 1.82) is 0 Å². The number of nitrogens with zero attached hydrogens (tertiary/aromatic N) is 3. The predicted octanol–water partition coefficient (Wildman–Crippen LogP) is 4.72. The van der Waals surface area contributed by atoms with E-state index in [9.17, 15) is 0 Å². The minimum absolute atomic E-state index is 0.573. The van der Waals surface area contributed by atoms with Gasteiger partial charge in [0.15, 0.2) is 0 Å². The fourth-order valence-electron chi connectivity index (χ4n) is 2.09. The van der Waals surface area contributed by atoms with Crippen LogP contribution in [0.1, 0.15) is 11.1 Å². The topological polar surface area (TPSA) is 50.7 Å². The van der Waals surface area contributed by atoms with Crippen molar-refractivity contribution >= 4 is 38.9 Å². The summed E-state index contributed by atoms with van der Waals surface area (Å²) in [6.45, 7) is 4.14. The van der Waals surface area contributed by atoms with Crippen LogP contribution in [0.15, 0.2) is 40.4 Å². The zero-order valence-electron chi connectivity index (χ0n) is 11.6. The average Bonchev–Trinajstić information content (AvgIpc) is 2.84. The van der Waals surface area contributed by atoms with E-state index in [1.165, 1.54) is 11.1 Å². The number of halogens is 1. The summed E-state index contributed by atoms with van der Waals surface area (Å²) < 4.78 is 0.986. The van der Waals surface area contributed by atoms with Crippen LogP contribution >= 0.6 is 27.3 Å². The van der Waals surface area contributed by atoms with Crippen molar-refractivity contribution in [2.45, 2.75) is 13.8 Å². The number of aromatic nitrogens is 3. The number of anilines is 2. The fourth-order valence-corrected chi connectivity index (χ4v) is 3.26. The molecule has 0 spiro atoms. The van der Waals surface area contributed by atoms with Gasteiger partial charge in [-0.3, -0.25) is 0 Å². The molecule has 106 valence electrons. The number of hydrogen-bond donors (Lipinski definition) is 1. The summed E-state index contributed by atoms with van der Waals surface area (Å²) in [6, 6.07) is 8.14. The summed E-state index contributed by atoms with van der Waals surface area (Å²) in [7, 11) is 0. The van der Waals surface area contributed by atoms with Gasteiger partial charge >= 0.3 is 0 Å². The number of hydrogen-bond acceptors (Lipinski definition) is 5. The summed E-state index contributed by atoms with van der Waals surface area (Å²) >= 11 is 4.96. The van der Waals surface area contributed by atoms with Crippen LogP contribution < -0.4 is 5.32 Å². The molecule has 0 aliphatic carbocycles. The third kappa shape index (κ3) is 3.46.